The molecule has 0 saturated heterocycles. The molecule has 1 unspecified atom stereocenters. The standard InChI is InChI=1S/C8H13NO2/c1-4-6-8(5-2,9-3)7(10)11/h4-6H2,1-2H3,(H,10,11). The van der Waals surface area contributed by atoms with Gasteiger partial charge in [0.1, 0.15) is 0 Å². The summed E-state index contributed by atoms with van der Waals surface area (Å²) in [5.41, 5.74) is -1.16. The highest BCUT2D eigenvalue weighted by atomic mass is 16.4. The summed E-state index contributed by atoms with van der Waals surface area (Å²) >= 11 is 0. The van der Waals surface area contributed by atoms with E-state index in [0.29, 0.717) is 12.8 Å². The molecule has 0 bridgehead atoms. The lowest BCUT2D eigenvalue weighted by Crippen LogP contribution is -2.33. The molecule has 1 N–H and O–H groups in total. The van der Waals surface area contributed by atoms with E-state index in [4.69, 9.17) is 11.7 Å². The molecule has 0 fully saturated rings. The van der Waals surface area contributed by atoms with Gasteiger partial charge in [0.15, 0.2) is 0 Å². The Bertz CT molecular complexity index is 183. The van der Waals surface area contributed by atoms with E-state index in [1.165, 1.54) is 0 Å². The first-order chi connectivity index (χ1) is 5.13. The van der Waals surface area contributed by atoms with Crippen LogP contribution >= 0.6 is 0 Å². The van der Waals surface area contributed by atoms with Gasteiger partial charge < -0.3 is 5.11 Å². The second-order valence-electron chi connectivity index (χ2n) is 2.55. The van der Waals surface area contributed by atoms with E-state index < -0.39 is 11.5 Å². The molecule has 0 amide bonds. The van der Waals surface area contributed by atoms with Gasteiger partial charge in [0, 0.05) is 12.8 Å². The van der Waals surface area contributed by atoms with Crippen LogP contribution in [0, 0.1) is 6.57 Å². The molecule has 0 aliphatic carbocycles. The smallest absolute Gasteiger partial charge is 0.390 e. The lowest BCUT2D eigenvalue weighted by Gasteiger charge is -2.13. The van der Waals surface area contributed by atoms with Crippen LogP contribution in [0.15, 0.2) is 0 Å². The van der Waals surface area contributed by atoms with Crippen LogP contribution < -0.4 is 0 Å². The Kier molecular flexibility index (Phi) is 3.59. The molecule has 0 aromatic rings. The normalized spacial score (nSPS) is 15.0. The van der Waals surface area contributed by atoms with E-state index in [-0.39, 0.29) is 0 Å². The number of hydrogen-bond acceptors (Lipinski definition) is 1. The zero-order valence-corrected chi connectivity index (χ0v) is 6.92. The van der Waals surface area contributed by atoms with Crippen LogP contribution in [-0.2, 0) is 4.79 Å². The van der Waals surface area contributed by atoms with Crippen molar-refractivity contribution in [3.05, 3.63) is 11.4 Å². The summed E-state index contributed by atoms with van der Waals surface area (Å²) in [5, 5.41) is 8.74. The molecule has 0 radical (unpaired) electrons. The highest BCUT2D eigenvalue weighted by Gasteiger charge is 2.42. The summed E-state index contributed by atoms with van der Waals surface area (Å²) in [5.74, 6) is -0.989. The lowest BCUT2D eigenvalue weighted by molar-refractivity contribution is -0.142. The SMILES string of the molecule is [C-]#[N+]C(CC)(CCC)C(=O)O. The quantitative estimate of drug-likeness (QED) is 0.630. The Morgan fingerprint density at radius 2 is 2.18 bits per heavy atom. The number of carboxylic acids is 1. The summed E-state index contributed by atoms with van der Waals surface area (Å²) in [6.45, 7) is 10.4. The first kappa shape index (κ1) is 9.96. The number of rotatable bonds is 4. The third-order valence-electron chi connectivity index (χ3n) is 1.86. The van der Waals surface area contributed by atoms with Crippen molar-refractivity contribution in [3.63, 3.8) is 0 Å². The van der Waals surface area contributed by atoms with Crippen LogP contribution in [0.3, 0.4) is 0 Å². The van der Waals surface area contributed by atoms with E-state index in [1.807, 2.05) is 6.92 Å². The molecule has 0 saturated carbocycles. The Morgan fingerprint density at radius 3 is 2.27 bits per heavy atom. The monoisotopic (exact) mass is 155 g/mol. The number of nitrogens with zero attached hydrogens (tertiary/aromatic N) is 1. The van der Waals surface area contributed by atoms with Crippen molar-refractivity contribution in [1.82, 2.24) is 0 Å². The summed E-state index contributed by atoms with van der Waals surface area (Å²) in [6, 6.07) is 0. The summed E-state index contributed by atoms with van der Waals surface area (Å²) in [4.78, 5) is 13.8. The predicted octanol–water partition coefficient (Wildman–Crippen LogP) is 1.94. The maximum absolute atomic E-state index is 10.7. The van der Waals surface area contributed by atoms with Crippen LogP contribution in [0.2, 0.25) is 0 Å². The van der Waals surface area contributed by atoms with Gasteiger partial charge in [0.25, 0.3) is 0 Å². The zero-order chi connectivity index (χ0) is 8.91. The second-order valence-corrected chi connectivity index (χ2v) is 2.55. The highest BCUT2D eigenvalue weighted by molar-refractivity contribution is 5.80. The van der Waals surface area contributed by atoms with Crippen molar-refractivity contribution in [2.24, 2.45) is 0 Å². The van der Waals surface area contributed by atoms with Gasteiger partial charge in [-0.2, -0.15) is 0 Å². The molecule has 0 aromatic carbocycles. The van der Waals surface area contributed by atoms with E-state index in [9.17, 15) is 4.79 Å². The third-order valence-corrected chi connectivity index (χ3v) is 1.86. The maximum atomic E-state index is 10.7. The van der Waals surface area contributed by atoms with Crippen LogP contribution in [-0.4, -0.2) is 16.6 Å². The molecule has 3 nitrogen and oxygen atoms in total. The van der Waals surface area contributed by atoms with Crippen molar-refractivity contribution in [2.45, 2.75) is 38.6 Å². The number of hydrogen-bond donors (Lipinski definition) is 1. The van der Waals surface area contributed by atoms with Gasteiger partial charge in [-0.05, 0) is 6.42 Å². The molecule has 3 heteroatoms. The molecule has 0 aliphatic heterocycles. The molecule has 11 heavy (non-hydrogen) atoms. The zero-order valence-electron chi connectivity index (χ0n) is 6.92. The Balaban J connectivity index is 4.50. The fraction of sp³-hybridized carbons (Fsp3) is 0.750. The minimum atomic E-state index is -1.16. The van der Waals surface area contributed by atoms with Crippen molar-refractivity contribution >= 4 is 5.97 Å². The van der Waals surface area contributed by atoms with Crippen LogP contribution in [0.25, 0.3) is 4.85 Å². The molecule has 0 rings (SSSR count). The van der Waals surface area contributed by atoms with Gasteiger partial charge in [-0.15, -0.1) is 0 Å². The Morgan fingerprint density at radius 1 is 1.64 bits per heavy atom. The van der Waals surface area contributed by atoms with Gasteiger partial charge in [-0.25, -0.2) is 11.4 Å². The fourth-order valence-corrected chi connectivity index (χ4v) is 1.03. The second kappa shape index (κ2) is 3.97. The van der Waals surface area contributed by atoms with E-state index in [2.05, 4.69) is 4.85 Å². The average Bonchev–Trinajstić information content (AvgIpc) is 2.00. The van der Waals surface area contributed by atoms with E-state index >= 15 is 0 Å². The van der Waals surface area contributed by atoms with Gasteiger partial charge in [-0.1, -0.05) is 13.8 Å². The molecule has 0 spiro atoms. The maximum Gasteiger partial charge on any atom is 0.390 e. The summed E-state index contributed by atoms with van der Waals surface area (Å²) < 4.78 is 0. The van der Waals surface area contributed by atoms with Crippen LogP contribution in [0.5, 0.6) is 0 Å². The number of carboxylic acid groups (broad SMARTS) is 1. The minimum Gasteiger partial charge on any atom is -0.475 e. The minimum absolute atomic E-state index is 0.389. The van der Waals surface area contributed by atoms with Crippen molar-refractivity contribution in [1.29, 1.82) is 0 Å². The largest absolute Gasteiger partial charge is 0.475 e. The highest BCUT2D eigenvalue weighted by Crippen LogP contribution is 2.22. The summed E-state index contributed by atoms with van der Waals surface area (Å²) in [7, 11) is 0. The summed E-state index contributed by atoms with van der Waals surface area (Å²) in [6.07, 6.45) is 1.57. The van der Waals surface area contributed by atoms with Gasteiger partial charge in [-0.3, -0.25) is 4.85 Å². The van der Waals surface area contributed by atoms with E-state index in [0.717, 1.165) is 6.42 Å². The lowest BCUT2D eigenvalue weighted by atomic mass is 9.92. The average molecular weight is 155 g/mol. The van der Waals surface area contributed by atoms with Gasteiger partial charge in [0.05, 0.1) is 0 Å². The molecule has 0 heterocycles. The first-order valence-corrected chi connectivity index (χ1v) is 3.75. The topological polar surface area (TPSA) is 41.7 Å². The van der Waals surface area contributed by atoms with Crippen LogP contribution in [0.1, 0.15) is 33.1 Å². The van der Waals surface area contributed by atoms with Gasteiger partial charge >= 0.3 is 11.5 Å². The van der Waals surface area contributed by atoms with Gasteiger partial charge in [0.2, 0.25) is 0 Å². The molecule has 0 aliphatic rings. The van der Waals surface area contributed by atoms with E-state index in [1.54, 1.807) is 6.92 Å². The first-order valence-electron chi connectivity index (χ1n) is 3.75. The van der Waals surface area contributed by atoms with Crippen molar-refractivity contribution in [2.75, 3.05) is 0 Å². The number of aliphatic carboxylic acids is 1. The predicted molar refractivity (Wildman–Crippen MR) is 42.2 cm³/mol. The Hall–Kier alpha value is -1.04. The van der Waals surface area contributed by atoms with Crippen LogP contribution in [0.4, 0.5) is 0 Å². The Labute approximate surface area is 66.9 Å². The molecule has 1 atom stereocenters. The molecular weight excluding hydrogens is 142 g/mol. The molecule has 0 aromatic heterocycles. The fourth-order valence-electron chi connectivity index (χ4n) is 1.03. The molecular formula is C8H13NO2. The molecule has 62 valence electrons. The van der Waals surface area contributed by atoms with Crippen molar-refractivity contribution in [3.8, 4) is 0 Å². The third kappa shape index (κ3) is 1.94. The number of carbonyl (C=O) groups is 1. The van der Waals surface area contributed by atoms with Crippen molar-refractivity contribution < 1.29 is 9.90 Å².